The summed E-state index contributed by atoms with van der Waals surface area (Å²) in [6.07, 6.45) is 3.47. The van der Waals surface area contributed by atoms with Crippen molar-refractivity contribution < 1.29 is 4.74 Å². The fourth-order valence-corrected chi connectivity index (χ4v) is 1.53. The number of hydrogen-bond acceptors (Lipinski definition) is 3. The Morgan fingerprint density at radius 1 is 1.42 bits per heavy atom. The Morgan fingerprint density at radius 3 is 2.67 bits per heavy atom. The van der Waals surface area contributed by atoms with Gasteiger partial charge in [-0.15, -0.1) is 0 Å². The largest absolute Gasteiger partial charge is 0.379 e. The number of ether oxygens (including phenoxy) is 1. The molecule has 0 aromatic rings. The molecule has 0 radical (unpaired) electrons. The van der Waals surface area contributed by atoms with E-state index in [0.29, 0.717) is 0 Å². The van der Waals surface area contributed by atoms with Gasteiger partial charge in [-0.25, -0.2) is 0 Å². The average molecular weight is 170 g/mol. The van der Waals surface area contributed by atoms with Crippen molar-refractivity contribution in [1.29, 1.82) is 0 Å². The minimum Gasteiger partial charge on any atom is -0.379 e. The molecule has 1 saturated carbocycles. The van der Waals surface area contributed by atoms with Crippen LogP contribution in [0.1, 0.15) is 26.2 Å². The van der Waals surface area contributed by atoms with Gasteiger partial charge in [0.2, 0.25) is 0 Å². The third-order valence-electron chi connectivity index (χ3n) is 2.98. The average Bonchev–Trinajstić information content (AvgIpc) is 2.60. The van der Waals surface area contributed by atoms with Crippen molar-refractivity contribution in [2.75, 3.05) is 19.8 Å². The Morgan fingerprint density at radius 2 is 2.17 bits per heavy atom. The molecule has 2 fully saturated rings. The van der Waals surface area contributed by atoms with E-state index in [9.17, 15) is 0 Å². The summed E-state index contributed by atoms with van der Waals surface area (Å²) in [4.78, 5) is 0. The summed E-state index contributed by atoms with van der Waals surface area (Å²) < 4.78 is 5.34. The van der Waals surface area contributed by atoms with Crippen LogP contribution in [0.15, 0.2) is 0 Å². The van der Waals surface area contributed by atoms with Gasteiger partial charge in [0.1, 0.15) is 0 Å². The van der Waals surface area contributed by atoms with E-state index < -0.39 is 0 Å². The summed E-state index contributed by atoms with van der Waals surface area (Å²) >= 11 is 0. The molecule has 70 valence electrons. The predicted molar refractivity (Wildman–Crippen MR) is 48.0 cm³/mol. The zero-order valence-corrected chi connectivity index (χ0v) is 7.73. The minimum atomic E-state index is 0.117. The monoisotopic (exact) mass is 170 g/mol. The molecule has 1 unspecified atom stereocenters. The SMILES string of the molecule is CC1(NCC2(N)CC2)CCOC1. The molecule has 1 heterocycles. The van der Waals surface area contributed by atoms with Crippen molar-refractivity contribution in [2.45, 2.75) is 37.3 Å². The Bertz CT molecular complexity index is 171. The molecule has 0 aromatic heterocycles. The Labute approximate surface area is 73.7 Å². The van der Waals surface area contributed by atoms with Crippen molar-refractivity contribution in [3.8, 4) is 0 Å². The van der Waals surface area contributed by atoms with E-state index in [1.807, 2.05) is 0 Å². The van der Waals surface area contributed by atoms with Crippen molar-refractivity contribution in [3.63, 3.8) is 0 Å². The maximum atomic E-state index is 5.98. The Balaban J connectivity index is 1.78. The first-order valence-corrected chi connectivity index (χ1v) is 4.74. The van der Waals surface area contributed by atoms with Gasteiger partial charge < -0.3 is 15.8 Å². The van der Waals surface area contributed by atoms with Gasteiger partial charge in [0, 0.05) is 24.2 Å². The molecule has 3 heteroatoms. The highest BCUT2D eigenvalue weighted by atomic mass is 16.5. The highest BCUT2D eigenvalue weighted by Gasteiger charge is 2.40. The molecule has 0 spiro atoms. The van der Waals surface area contributed by atoms with Crippen LogP contribution in [0.3, 0.4) is 0 Å². The number of rotatable bonds is 3. The summed E-state index contributed by atoms with van der Waals surface area (Å²) in [6, 6.07) is 0. The first-order chi connectivity index (χ1) is 5.62. The first-order valence-electron chi connectivity index (χ1n) is 4.74. The molecule has 0 bridgehead atoms. The van der Waals surface area contributed by atoms with Crippen LogP contribution in [0, 0.1) is 0 Å². The first kappa shape index (κ1) is 8.48. The lowest BCUT2D eigenvalue weighted by Crippen LogP contribution is -2.49. The van der Waals surface area contributed by atoms with E-state index in [4.69, 9.17) is 10.5 Å². The van der Waals surface area contributed by atoms with Crippen molar-refractivity contribution >= 4 is 0 Å². The van der Waals surface area contributed by atoms with E-state index in [2.05, 4.69) is 12.2 Å². The number of hydrogen-bond donors (Lipinski definition) is 2. The second kappa shape index (κ2) is 2.69. The maximum absolute atomic E-state index is 5.98. The zero-order valence-electron chi connectivity index (χ0n) is 7.73. The van der Waals surface area contributed by atoms with Crippen LogP contribution in [0.2, 0.25) is 0 Å². The molecular weight excluding hydrogens is 152 g/mol. The summed E-state index contributed by atoms with van der Waals surface area (Å²) in [7, 11) is 0. The topological polar surface area (TPSA) is 47.3 Å². The number of nitrogens with one attached hydrogen (secondary N) is 1. The standard InChI is InChI=1S/C9H18N2O/c1-8(4-5-12-7-8)11-6-9(10)2-3-9/h11H,2-7,10H2,1H3. The van der Waals surface area contributed by atoms with Gasteiger partial charge in [-0.1, -0.05) is 0 Å². The van der Waals surface area contributed by atoms with Gasteiger partial charge in [0.25, 0.3) is 0 Å². The molecule has 2 aliphatic rings. The van der Waals surface area contributed by atoms with E-state index in [1.54, 1.807) is 0 Å². The van der Waals surface area contributed by atoms with Crippen LogP contribution < -0.4 is 11.1 Å². The molecule has 1 atom stereocenters. The van der Waals surface area contributed by atoms with Crippen molar-refractivity contribution in [2.24, 2.45) is 5.73 Å². The smallest absolute Gasteiger partial charge is 0.0646 e. The van der Waals surface area contributed by atoms with E-state index in [1.165, 1.54) is 12.8 Å². The maximum Gasteiger partial charge on any atom is 0.0646 e. The molecule has 1 aliphatic carbocycles. The molecular formula is C9H18N2O. The molecule has 3 nitrogen and oxygen atoms in total. The zero-order chi connectivity index (χ0) is 8.66. The summed E-state index contributed by atoms with van der Waals surface area (Å²) in [6.45, 7) is 4.89. The van der Waals surface area contributed by atoms with Gasteiger partial charge in [0.05, 0.1) is 6.61 Å². The van der Waals surface area contributed by atoms with Crippen LogP contribution >= 0.6 is 0 Å². The lowest BCUT2D eigenvalue weighted by molar-refractivity contribution is 0.171. The Kier molecular flexibility index (Phi) is 1.90. The predicted octanol–water partition coefficient (Wildman–Crippen LogP) is 0.246. The van der Waals surface area contributed by atoms with Crippen molar-refractivity contribution in [3.05, 3.63) is 0 Å². The van der Waals surface area contributed by atoms with E-state index in [0.717, 1.165) is 26.2 Å². The van der Waals surface area contributed by atoms with Gasteiger partial charge in [-0.05, 0) is 26.2 Å². The van der Waals surface area contributed by atoms with Crippen LogP contribution in [0.4, 0.5) is 0 Å². The highest BCUT2D eigenvalue weighted by molar-refractivity contribution is 5.02. The summed E-state index contributed by atoms with van der Waals surface area (Å²) in [5, 5.41) is 3.51. The molecule has 0 amide bonds. The quantitative estimate of drug-likeness (QED) is 0.638. The van der Waals surface area contributed by atoms with Crippen LogP contribution in [0.5, 0.6) is 0 Å². The summed E-state index contributed by atoms with van der Waals surface area (Å²) in [5.41, 5.74) is 6.29. The summed E-state index contributed by atoms with van der Waals surface area (Å²) in [5.74, 6) is 0. The molecule has 2 rings (SSSR count). The highest BCUT2D eigenvalue weighted by Crippen LogP contribution is 2.32. The van der Waals surface area contributed by atoms with E-state index in [-0.39, 0.29) is 11.1 Å². The number of nitrogens with two attached hydrogens (primary N) is 1. The van der Waals surface area contributed by atoms with Gasteiger partial charge >= 0.3 is 0 Å². The molecule has 0 aromatic carbocycles. The van der Waals surface area contributed by atoms with Crippen LogP contribution in [0.25, 0.3) is 0 Å². The minimum absolute atomic E-state index is 0.117. The fraction of sp³-hybridized carbons (Fsp3) is 1.00. The molecule has 1 saturated heterocycles. The normalized spacial score (nSPS) is 38.5. The molecule has 12 heavy (non-hydrogen) atoms. The van der Waals surface area contributed by atoms with Gasteiger partial charge in [0.15, 0.2) is 0 Å². The van der Waals surface area contributed by atoms with Gasteiger partial charge in [-0.2, -0.15) is 0 Å². The third kappa shape index (κ3) is 1.79. The third-order valence-corrected chi connectivity index (χ3v) is 2.98. The van der Waals surface area contributed by atoms with Crippen molar-refractivity contribution in [1.82, 2.24) is 5.32 Å². The van der Waals surface area contributed by atoms with Crippen LogP contribution in [-0.2, 0) is 4.74 Å². The second-order valence-electron chi connectivity index (χ2n) is 4.58. The molecule has 1 aliphatic heterocycles. The molecule has 3 N–H and O–H groups in total. The van der Waals surface area contributed by atoms with E-state index >= 15 is 0 Å². The van der Waals surface area contributed by atoms with Gasteiger partial charge in [-0.3, -0.25) is 0 Å². The lowest BCUT2D eigenvalue weighted by Gasteiger charge is -2.25. The fourth-order valence-electron chi connectivity index (χ4n) is 1.53. The lowest BCUT2D eigenvalue weighted by atomic mass is 10.0. The van der Waals surface area contributed by atoms with Crippen LogP contribution in [-0.4, -0.2) is 30.8 Å². The Hall–Kier alpha value is -0.120. The second-order valence-corrected chi connectivity index (χ2v) is 4.58.